The van der Waals surface area contributed by atoms with Gasteiger partial charge in [0, 0.05) is 24.7 Å². The van der Waals surface area contributed by atoms with Gasteiger partial charge in [-0.2, -0.15) is 0 Å². The van der Waals surface area contributed by atoms with E-state index >= 15 is 0 Å². The van der Waals surface area contributed by atoms with E-state index in [0.29, 0.717) is 12.5 Å². The third-order valence-corrected chi connectivity index (χ3v) is 4.99. The lowest BCUT2D eigenvalue weighted by Gasteiger charge is -2.11. The largest absolute Gasteiger partial charge is 0.384 e. The molecule has 0 saturated carbocycles. The SMILES string of the molecule is CCCCS(=O)(=O)NCCC1CNc2ccccc21. The quantitative estimate of drug-likeness (QED) is 0.807. The molecule has 2 rings (SSSR count). The van der Waals surface area contributed by atoms with Gasteiger partial charge in [-0.15, -0.1) is 0 Å². The first kappa shape index (κ1) is 14.3. The van der Waals surface area contributed by atoms with Gasteiger partial charge in [-0.05, 0) is 24.5 Å². The van der Waals surface area contributed by atoms with Crippen molar-refractivity contribution in [2.24, 2.45) is 0 Å². The summed E-state index contributed by atoms with van der Waals surface area (Å²) in [7, 11) is -3.08. The van der Waals surface area contributed by atoms with Crippen LogP contribution in [-0.2, 0) is 10.0 Å². The van der Waals surface area contributed by atoms with Crippen molar-refractivity contribution in [3.63, 3.8) is 0 Å². The summed E-state index contributed by atoms with van der Waals surface area (Å²) < 4.78 is 26.1. The number of rotatable bonds is 7. The molecule has 2 N–H and O–H groups in total. The number of para-hydroxylation sites is 1. The summed E-state index contributed by atoms with van der Waals surface area (Å²) in [4.78, 5) is 0. The van der Waals surface area contributed by atoms with Crippen LogP contribution in [0.4, 0.5) is 5.69 Å². The minimum Gasteiger partial charge on any atom is -0.384 e. The van der Waals surface area contributed by atoms with E-state index in [2.05, 4.69) is 22.2 Å². The van der Waals surface area contributed by atoms with Crippen molar-refractivity contribution in [3.05, 3.63) is 29.8 Å². The standard InChI is InChI=1S/C14H22N2O2S/c1-2-3-10-19(17,18)16-9-8-12-11-15-14-7-5-4-6-13(12)14/h4-7,12,15-16H,2-3,8-11H2,1H3. The van der Waals surface area contributed by atoms with Gasteiger partial charge < -0.3 is 5.32 Å². The van der Waals surface area contributed by atoms with E-state index < -0.39 is 10.0 Å². The Morgan fingerprint density at radius 1 is 1.37 bits per heavy atom. The molecule has 4 nitrogen and oxygen atoms in total. The van der Waals surface area contributed by atoms with E-state index in [1.54, 1.807) is 0 Å². The Morgan fingerprint density at radius 2 is 2.16 bits per heavy atom. The maximum atomic E-state index is 11.7. The van der Waals surface area contributed by atoms with E-state index in [0.717, 1.165) is 25.8 Å². The summed E-state index contributed by atoms with van der Waals surface area (Å²) in [6.45, 7) is 3.42. The van der Waals surface area contributed by atoms with Gasteiger partial charge in [-0.25, -0.2) is 13.1 Å². The molecular formula is C14H22N2O2S. The molecule has 19 heavy (non-hydrogen) atoms. The second-order valence-electron chi connectivity index (χ2n) is 5.02. The number of anilines is 1. The molecule has 1 atom stereocenters. The first-order valence-corrected chi connectivity index (χ1v) is 8.58. The monoisotopic (exact) mass is 282 g/mol. The highest BCUT2D eigenvalue weighted by molar-refractivity contribution is 7.89. The molecule has 0 saturated heterocycles. The smallest absolute Gasteiger partial charge is 0.211 e. The van der Waals surface area contributed by atoms with Crippen LogP contribution in [0.15, 0.2) is 24.3 Å². The van der Waals surface area contributed by atoms with Crippen molar-refractivity contribution in [2.45, 2.75) is 32.1 Å². The average Bonchev–Trinajstić information content (AvgIpc) is 2.80. The maximum absolute atomic E-state index is 11.7. The van der Waals surface area contributed by atoms with Crippen molar-refractivity contribution in [3.8, 4) is 0 Å². The molecule has 0 radical (unpaired) electrons. The summed E-state index contributed by atoms with van der Waals surface area (Å²) in [5, 5.41) is 3.35. The Kier molecular flexibility index (Phi) is 4.82. The second-order valence-corrected chi connectivity index (χ2v) is 6.95. The minimum atomic E-state index is -3.08. The van der Waals surface area contributed by atoms with Gasteiger partial charge in [0.15, 0.2) is 0 Å². The third-order valence-electron chi connectivity index (χ3n) is 3.52. The molecule has 1 aliphatic heterocycles. The maximum Gasteiger partial charge on any atom is 0.211 e. The van der Waals surface area contributed by atoms with Crippen LogP contribution < -0.4 is 10.0 Å². The highest BCUT2D eigenvalue weighted by Crippen LogP contribution is 2.32. The Bertz CT molecular complexity index is 514. The minimum absolute atomic E-state index is 0.239. The molecule has 1 aliphatic rings. The van der Waals surface area contributed by atoms with Crippen LogP contribution in [-0.4, -0.2) is 27.3 Å². The van der Waals surface area contributed by atoms with Gasteiger partial charge in [0.05, 0.1) is 5.75 Å². The second kappa shape index (κ2) is 6.39. The van der Waals surface area contributed by atoms with Gasteiger partial charge in [0.25, 0.3) is 0 Å². The number of sulfonamides is 1. The van der Waals surface area contributed by atoms with Gasteiger partial charge >= 0.3 is 0 Å². The molecule has 5 heteroatoms. The van der Waals surface area contributed by atoms with Gasteiger partial charge in [-0.3, -0.25) is 0 Å². The van der Waals surface area contributed by atoms with Crippen LogP contribution in [0, 0.1) is 0 Å². The van der Waals surface area contributed by atoms with E-state index in [9.17, 15) is 8.42 Å². The number of nitrogens with one attached hydrogen (secondary N) is 2. The fraction of sp³-hybridized carbons (Fsp3) is 0.571. The predicted molar refractivity (Wildman–Crippen MR) is 79.0 cm³/mol. The van der Waals surface area contributed by atoms with Gasteiger partial charge in [-0.1, -0.05) is 31.5 Å². The number of fused-ring (bicyclic) bond motifs is 1. The van der Waals surface area contributed by atoms with Gasteiger partial charge in [0.1, 0.15) is 0 Å². The van der Waals surface area contributed by atoms with Crippen LogP contribution in [0.2, 0.25) is 0 Å². The van der Waals surface area contributed by atoms with E-state index in [1.807, 2.05) is 19.1 Å². The van der Waals surface area contributed by atoms with Crippen molar-refractivity contribution >= 4 is 15.7 Å². The average molecular weight is 282 g/mol. The van der Waals surface area contributed by atoms with E-state index in [1.165, 1.54) is 11.3 Å². The Balaban J connectivity index is 1.81. The van der Waals surface area contributed by atoms with Gasteiger partial charge in [0.2, 0.25) is 10.0 Å². The Morgan fingerprint density at radius 3 is 2.95 bits per heavy atom. The molecule has 0 amide bonds. The first-order chi connectivity index (χ1) is 9.12. The predicted octanol–water partition coefficient (Wildman–Crippen LogP) is 2.31. The molecule has 1 heterocycles. The van der Waals surface area contributed by atoms with Crippen LogP contribution in [0.1, 0.15) is 37.7 Å². The summed E-state index contributed by atoms with van der Waals surface area (Å²) >= 11 is 0. The number of hydrogen-bond acceptors (Lipinski definition) is 3. The van der Waals surface area contributed by atoms with Crippen LogP contribution in [0.3, 0.4) is 0 Å². The lowest BCUT2D eigenvalue weighted by Crippen LogP contribution is -2.28. The fourth-order valence-electron chi connectivity index (χ4n) is 2.41. The molecular weight excluding hydrogens is 260 g/mol. The summed E-state index contributed by atoms with van der Waals surface area (Å²) in [6, 6.07) is 8.23. The molecule has 0 fully saturated rings. The summed E-state index contributed by atoms with van der Waals surface area (Å²) in [6.07, 6.45) is 2.47. The van der Waals surface area contributed by atoms with E-state index in [-0.39, 0.29) is 5.75 Å². The molecule has 0 bridgehead atoms. The Hall–Kier alpha value is -1.07. The topological polar surface area (TPSA) is 58.2 Å². The molecule has 1 aromatic rings. The number of benzene rings is 1. The van der Waals surface area contributed by atoms with Crippen molar-refractivity contribution in [2.75, 3.05) is 24.2 Å². The molecule has 0 aromatic heterocycles. The normalized spacial score (nSPS) is 18.1. The van der Waals surface area contributed by atoms with Crippen LogP contribution >= 0.6 is 0 Å². The Labute approximate surface area is 115 Å². The zero-order valence-corrected chi connectivity index (χ0v) is 12.2. The summed E-state index contributed by atoms with van der Waals surface area (Å²) in [5.41, 5.74) is 2.48. The highest BCUT2D eigenvalue weighted by Gasteiger charge is 2.21. The lowest BCUT2D eigenvalue weighted by molar-refractivity contribution is 0.569. The highest BCUT2D eigenvalue weighted by atomic mass is 32.2. The van der Waals surface area contributed by atoms with Crippen molar-refractivity contribution in [1.82, 2.24) is 4.72 Å². The van der Waals surface area contributed by atoms with Crippen LogP contribution in [0.25, 0.3) is 0 Å². The first-order valence-electron chi connectivity index (χ1n) is 6.92. The van der Waals surface area contributed by atoms with Crippen LogP contribution in [0.5, 0.6) is 0 Å². The zero-order valence-electron chi connectivity index (χ0n) is 11.4. The van der Waals surface area contributed by atoms with E-state index in [4.69, 9.17) is 0 Å². The van der Waals surface area contributed by atoms with Crippen molar-refractivity contribution in [1.29, 1.82) is 0 Å². The molecule has 1 aromatic carbocycles. The number of hydrogen-bond donors (Lipinski definition) is 2. The fourth-order valence-corrected chi connectivity index (χ4v) is 3.65. The number of unbranched alkanes of at least 4 members (excludes halogenated alkanes) is 1. The zero-order chi connectivity index (χ0) is 13.7. The molecule has 0 spiro atoms. The van der Waals surface area contributed by atoms with Crippen molar-refractivity contribution < 1.29 is 8.42 Å². The molecule has 106 valence electrons. The third kappa shape index (κ3) is 3.94. The summed E-state index contributed by atoms with van der Waals surface area (Å²) in [5.74, 6) is 0.647. The molecule has 1 unspecified atom stereocenters. The lowest BCUT2D eigenvalue weighted by atomic mass is 9.98. The molecule has 0 aliphatic carbocycles.